The maximum absolute atomic E-state index is 5.99. The first-order valence-corrected chi connectivity index (χ1v) is 7.39. The predicted octanol–water partition coefficient (Wildman–Crippen LogP) is 3.68. The Labute approximate surface area is 134 Å². The van der Waals surface area contributed by atoms with Gasteiger partial charge in [-0.05, 0) is 25.1 Å². The summed E-state index contributed by atoms with van der Waals surface area (Å²) in [5.41, 5.74) is 4.02. The van der Waals surface area contributed by atoms with Crippen molar-refractivity contribution in [1.29, 1.82) is 0 Å². The van der Waals surface area contributed by atoms with E-state index in [0.717, 1.165) is 40.3 Å². The summed E-state index contributed by atoms with van der Waals surface area (Å²) in [6.07, 6.45) is 5.84. The maximum atomic E-state index is 5.99. The summed E-state index contributed by atoms with van der Waals surface area (Å²) >= 11 is 0. The minimum atomic E-state index is 0.528. The van der Waals surface area contributed by atoms with Crippen LogP contribution in [0.15, 0.2) is 53.5 Å². The third-order valence-corrected chi connectivity index (χ3v) is 3.62. The van der Waals surface area contributed by atoms with Crippen LogP contribution in [0.3, 0.4) is 0 Å². The number of rotatable bonds is 6. The average Bonchev–Trinajstić information content (AvgIpc) is 3.09. The lowest BCUT2D eigenvalue weighted by molar-refractivity contribution is 0.319. The minimum Gasteiger partial charge on any atom is -0.497 e. The zero-order valence-electron chi connectivity index (χ0n) is 13.2. The van der Waals surface area contributed by atoms with E-state index in [2.05, 4.69) is 10.1 Å². The van der Waals surface area contributed by atoms with E-state index in [9.17, 15) is 0 Å². The Hall–Kier alpha value is -2.82. The Morgan fingerprint density at radius 3 is 2.83 bits per heavy atom. The summed E-state index contributed by atoms with van der Waals surface area (Å²) in [6, 6.07) is 9.78. The molecule has 5 heteroatoms. The van der Waals surface area contributed by atoms with E-state index >= 15 is 0 Å². The van der Waals surface area contributed by atoms with Gasteiger partial charge in [0.1, 0.15) is 17.8 Å². The molecule has 0 atom stereocenters. The average molecular weight is 310 g/mol. The van der Waals surface area contributed by atoms with Gasteiger partial charge in [-0.1, -0.05) is 11.2 Å². The Bertz CT molecular complexity index is 770. The molecule has 0 aliphatic rings. The smallest absolute Gasteiger partial charge is 0.130 e. The SMILES string of the molecule is COc1ccc(-c2cccnc2C)c(OCCc2cnoc2)c1. The molecule has 0 bridgehead atoms. The van der Waals surface area contributed by atoms with Crippen LogP contribution in [0.2, 0.25) is 0 Å². The van der Waals surface area contributed by atoms with E-state index in [1.165, 1.54) is 0 Å². The van der Waals surface area contributed by atoms with E-state index in [4.69, 9.17) is 14.0 Å². The van der Waals surface area contributed by atoms with Crippen LogP contribution in [0, 0.1) is 6.92 Å². The monoisotopic (exact) mass is 310 g/mol. The van der Waals surface area contributed by atoms with Gasteiger partial charge in [-0.2, -0.15) is 0 Å². The van der Waals surface area contributed by atoms with Crippen molar-refractivity contribution in [2.24, 2.45) is 0 Å². The molecule has 3 rings (SSSR count). The molecule has 0 aliphatic carbocycles. The normalized spacial score (nSPS) is 10.5. The molecule has 0 fully saturated rings. The van der Waals surface area contributed by atoms with Gasteiger partial charge in [-0.3, -0.25) is 4.98 Å². The number of nitrogens with zero attached hydrogens (tertiary/aromatic N) is 2. The summed E-state index contributed by atoms with van der Waals surface area (Å²) in [6.45, 7) is 2.52. The highest BCUT2D eigenvalue weighted by atomic mass is 16.5. The lowest BCUT2D eigenvalue weighted by Crippen LogP contribution is -2.02. The van der Waals surface area contributed by atoms with Crippen molar-refractivity contribution in [1.82, 2.24) is 10.1 Å². The third kappa shape index (κ3) is 3.51. The molecule has 0 amide bonds. The molecule has 0 saturated heterocycles. The van der Waals surface area contributed by atoms with Crippen LogP contribution >= 0.6 is 0 Å². The second-order valence-electron chi connectivity index (χ2n) is 5.13. The second kappa shape index (κ2) is 6.96. The first-order chi connectivity index (χ1) is 11.3. The van der Waals surface area contributed by atoms with Crippen LogP contribution in [-0.4, -0.2) is 23.9 Å². The van der Waals surface area contributed by atoms with Gasteiger partial charge in [-0.25, -0.2) is 0 Å². The van der Waals surface area contributed by atoms with Gasteiger partial charge >= 0.3 is 0 Å². The van der Waals surface area contributed by atoms with Gasteiger partial charge < -0.3 is 14.0 Å². The number of hydrogen-bond donors (Lipinski definition) is 0. The molecular weight excluding hydrogens is 292 g/mol. The lowest BCUT2D eigenvalue weighted by atomic mass is 10.0. The van der Waals surface area contributed by atoms with Gasteiger partial charge in [0, 0.05) is 41.1 Å². The molecule has 5 nitrogen and oxygen atoms in total. The fourth-order valence-corrected chi connectivity index (χ4v) is 2.37. The molecule has 0 spiro atoms. The van der Waals surface area contributed by atoms with E-state index in [-0.39, 0.29) is 0 Å². The van der Waals surface area contributed by atoms with Crippen LogP contribution in [0.5, 0.6) is 11.5 Å². The second-order valence-corrected chi connectivity index (χ2v) is 5.13. The molecule has 0 aliphatic heterocycles. The Balaban J connectivity index is 1.85. The molecule has 118 valence electrons. The molecule has 2 aromatic heterocycles. The Kier molecular flexibility index (Phi) is 4.57. The standard InChI is InChI=1S/C18H18N2O3/c1-13-16(4-3-8-19-13)17-6-5-15(21-2)10-18(17)22-9-7-14-11-20-23-12-14/h3-6,8,10-12H,7,9H2,1-2H3. The number of pyridine rings is 1. The van der Waals surface area contributed by atoms with Gasteiger partial charge in [0.15, 0.2) is 0 Å². The van der Waals surface area contributed by atoms with Crippen LogP contribution in [0.25, 0.3) is 11.1 Å². The molecule has 23 heavy (non-hydrogen) atoms. The van der Waals surface area contributed by atoms with Crippen LogP contribution < -0.4 is 9.47 Å². The third-order valence-electron chi connectivity index (χ3n) is 3.62. The van der Waals surface area contributed by atoms with Gasteiger partial charge in [-0.15, -0.1) is 0 Å². The molecule has 0 radical (unpaired) electrons. The summed E-state index contributed by atoms with van der Waals surface area (Å²) in [5, 5.41) is 3.69. The van der Waals surface area contributed by atoms with Crippen molar-refractivity contribution in [2.45, 2.75) is 13.3 Å². The highest BCUT2D eigenvalue weighted by Gasteiger charge is 2.11. The number of aromatic nitrogens is 2. The fraction of sp³-hybridized carbons (Fsp3) is 0.222. The van der Waals surface area contributed by atoms with Crippen molar-refractivity contribution in [2.75, 3.05) is 13.7 Å². The first kappa shape index (κ1) is 15.1. The number of ether oxygens (including phenoxy) is 2. The summed E-state index contributed by atoms with van der Waals surface area (Å²) in [4.78, 5) is 4.35. The van der Waals surface area contributed by atoms with Gasteiger partial charge in [0.2, 0.25) is 0 Å². The van der Waals surface area contributed by atoms with Gasteiger partial charge in [0.25, 0.3) is 0 Å². The minimum absolute atomic E-state index is 0.528. The lowest BCUT2D eigenvalue weighted by Gasteiger charge is -2.14. The van der Waals surface area contributed by atoms with Crippen molar-refractivity contribution in [3.63, 3.8) is 0 Å². The number of benzene rings is 1. The summed E-state index contributed by atoms with van der Waals surface area (Å²) < 4.78 is 16.1. The van der Waals surface area contributed by atoms with Crippen molar-refractivity contribution < 1.29 is 14.0 Å². The zero-order chi connectivity index (χ0) is 16.1. The molecule has 1 aromatic carbocycles. The molecule has 0 N–H and O–H groups in total. The summed E-state index contributed by atoms with van der Waals surface area (Å²) in [7, 11) is 1.64. The fourth-order valence-electron chi connectivity index (χ4n) is 2.37. The highest BCUT2D eigenvalue weighted by Crippen LogP contribution is 2.34. The number of aryl methyl sites for hydroxylation is 1. The quantitative estimate of drug-likeness (QED) is 0.695. The van der Waals surface area contributed by atoms with E-state index in [1.807, 2.05) is 37.3 Å². The Morgan fingerprint density at radius 2 is 2.09 bits per heavy atom. The van der Waals surface area contributed by atoms with E-state index in [0.29, 0.717) is 6.61 Å². The molecule has 0 saturated carbocycles. The first-order valence-electron chi connectivity index (χ1n) is 7.39. The van der Waals surface area contributed by atoms with Crippen LogP contribution in [-0.2, 0) is 6.42 Å². The summed E-state index contributed by atoms with van der Waals surface area (Å²) in [5.74, 6) is 1.53. The topological polar surface area (TPSA) is 57.4 Å². The van der Waals surface area contributed by atoms with Crippen LogP contribution in [0.4, 0.5) is 0 Å². The zero-order valence-corrected chi connectivity index (χ0v) is 13.2. The molecule has 0 unspecified atom stereocenters. The maximum Gasteiger partial charge on any atom is 0.130 e. The number of methoxy groups -OCH3 is 1. The van der Waals surface area contributed by atoms with E-state index < -0.39 is 0 Å². The van der Waals surface area contributed by atoms with Gasteiger partial charge in [0.05, 0.1) is 19.9 Å². The van der Waals surface area contributed by atoms with Crippen molar-refractivity contribution in [3.05, 3.63) is 60.2 Å². The molecular formula is C18H18N2O3. The van der Waals surface area contributed by atoms with Crippen molar-refractivity contribution in [3.8, 4) is 22.6 Å². The number of hydrogen-bond acceptors (Lipinski definition) is 5. The molecule has 2 heterocycles. The molecule has 3 aromatic rings. The van der Waals surface area contributed by atoms with Crippen LogP contribution in [0.1, 0.15) is 11.3 Å². The largest absolute Gasteiger partial charge is 0.497 e. The predicted molar refractivity (Wildman–Crippen MR) is 86.7 cm³/mol. The Morgan fingerprint density at radius 1 is 1.17 bits per heavy atom. The van der Waals surface area contributed by atoms with Crippen molar-refractivity contribution >= 4 is 0 Å². The van der Waals surface area contributed by atoms with E-state index in [1.54, 1.807) is 25.8 Å². The highest BCUT2D eigenvalue weighted by molar-refractivity contribution is 5.73.